The molecule has 16 heavy (non-hydrogen) atoms. The zero-order chi connectivity index (χ0) is 12.1. The molecule has 1 amide bonds. The van der Waals surface area contributed by atoms with Crippen molar-refractivity contribution >= 4 is 5.91 Å². The van der Waals surface area contributed by atoms with Crippen molar-refractivity contribution < 1.29 is 9.53 Å². The van der Waals surface area contributed by atoms with E-state index in [1.54, 1.807) is 7.11 Å². The predicted molar refractivity (Wildman–Crippen MR) is 64.0 cm³/mol. The molecule has 2 unspecified atom stereocenters. The molecule has 2 N–H and O–H groups in total. The molecule has 0 radical (unpaired) electrons. The molecule has 1 aliphatic heterocycles. The molecule has 1 rings (SSSR count). The molecule has 94 valence electrons. The highest BCUT2D eigenvalue weighted by molar-refractivity contribution is 5.77. The van der Waals surface area contributed by atoms with Crippen LogP contribution in [0.3, 0.4) is 0 Å². The first kappa shape index (κ1) is 13.5. The van der Waals surface area contributed by atoms with Crippen molar-refractivity contribution in [1.29, 1.82) is 0 Å². The second-order valence-electron chi connectivity index (χ2n) is 4.93. The van der Waals surface area contributed by atoms with Gasteiger partial charge < -0.3 is 15.4 Å². The summed E-state index contributed by atoms with van der Waals surface area (Å²) in [6.07, 6.45) is 1.41. The smallest absolute Gasteiger partial charge is 0.225 e. The highest BCUT2D eigenvalue weighted by atomic mass is 16.5. The molecule has 0 aliphatic carbocycles. The van der Waals surface area contributed by atoms with Crippen molar-refractivity contribution in [2.75, 3.05) is 26.7 Å². The third kappa shape index (κ3) is 3.46. The summed E-state index contributed by atoms with van der Waals surface area (Å²) in [6.45, 7) is 6.64. The third-order valence-electron chi connectivity index (χ3n) is 3.52. The number of nitrogens with zero attached hydrogens (tertiary/aromatic N) is 1. The number of methoxy groups -OCH3 is 1. The standard InChI is InChI=1S/C12H24N2O2/c1-9(2)10-4-5-14(8-10)12(15)6-11(7-13)16-3/h9-11H,4-8,13H2,1-3H3. The Bertz CT molecular complexity index is 227. The Morgan fingerprint density at radius 3 is 2.69 bits per heavy atom. The van der Waals surface area contributed by atoms with Crippen LogP contribution in [0.5, 0.6) is 0 Å². The molecule has 0 aromatic carbocycles. The van der Waals surface area contributed by atoms with Gasteiger partial charge in [0.15, 0.2) is 0 Å². The SMILES string of the molecule is COC(CN)CC(=O)N1CCC(C(C)C)C1. The minimum atomic E-state index is -0.134. The molecule has 0 spiro atoms. The van der Waals surface area contributed by atoms with E-state index in [2.05, 4.69) is 13.8 Å². The molecule has 4 nitrogen and oxygen atoms in total. The molecule has 0 aromatic rings. The van der Waals surface area contributed by atoms with E-state index in [9.17, 15) is 4.79 Å². The summed E-state index contributed by atoms with van der Waals surface area (Å²) in [5.41, 5.74) is 5.51. The van der Waals surface area contributed by atoms with Gasteiger partial charge in [-0.2, -0.15) is 0 Å². The van der Waals surface area contributed by atoms with Crippen molar-refractivity contribution in [3.63, 3.8) is 0 Å². The average Bonchev–Trinajstić information content (AvgIpc) is 2.74. The number of hydrogen-bond donors (Lipinski definition) is 1. The first-order valence-corrected chi connectivity index (χ1v) is 6.09. The van der Waals surface area contributed by atoms with E-state index in [1.807, 2.05) is 4.90 Å². The van der Waals surface area contributed by atoms with Crippen molar-refractivity contribution in [3.05, 3.63) is 0 Å². The monoisotopic (exact) mass is 228 g/mol. The largest absolute Gasteiger partial charge is 0.380 e. The number of hydrogen-bond acceptors (Lipinski definition) is 3. The van der Waals surface area contributed by atoms with Gasteiger partial charge in [-0.1, -0.05) is 13.8 Å². The Balaban J connectivity index is 2.39. The highest BCUT2D eigenvalue weighted by Gasteiger charge is 2.28. The van der Waals surface area contributed by atoms with E-state index in [0.717, 1.165) is 19.5 Å². The van der Waals surface area contributed by atoms with Crippen LogP contribution in [0.1, 0.15) is 26.7 Å². The quantitative estimate of drug-likeness (QED) is 0.759. The van der Waals surface area contributed by atoms with E-state index in [0.29, 0.717) is 24.8 Å². The van der Waals surface area contributed by atoms with E-state index >= 15 is 0 Å². The molecule has 4 heteroatoms. The zero-order valence-electron chi connectivity index (χ0n) is 10.6. The summed E-state index contributed by atoms with van der Waals surface area (Å²) in [5.74, 6) is 1.49. The number of carbonyl (C=O) groups excluding carboxylic acids is 1. The highest BCUT2D eigenvalue weighted by Crippen LogP contribution is 2.24. The van der Waals surface area contributed by atoms with Crippen LogP contribution in [-0.4, -0.2) is 43.7 Å². The predicted octanol–water partition coefficient (Wildman–Crippen LogP) is 0.855. The summed E-state index contributed by atoms with van der Waals surface area (Å²) in [7, 11) is 1.60. The third-order valence-corrected chi connectivity index (χ3v) is 3.52. The Morgan fingerprint density at radius 2 is 2.25 bits per heavy atom. The molecule has 1 heterocycles. The summed E-state index contributed by atoms with van der Waals surface area (Å²) >= 11 is 0. The van der Waals surface area contributed by atoms with E-state index in [-0.39, 0.29) is 12.0 Å². The van der Waals surface area contributed by atoms with Gasteiger partial charge in [0, 0.05) is 26.7 Å². The molecule has 2 atom stereocenters. The Kier molecular flexibility index (Phi) is 5.22. The minimum Gasteiger partial charge on any atom is -0.380 e. The lowest BCUT2D eigenvalue weighted by Crippen LogP contribution is -2.35. The van der Waals surface area contributed by atoms with Crippen molar-refractivity contribution in [1.82, 2.24) is 4.90 Å². The molecule has 0 bridgehead atoms. The fourth-order valence-corrected chi connectivity index (χ4v) is 2.14. The van der Waals surface area contributed by atoms with Crippen LogP contribution < -0.4 is 5.73 Å². The van der Waals surface area contributed by atoms with Crippen LogP contribution >= 0.6 is 0 Å². The second-order valence-corrected chi connectivity index (χ2v) is 4.93. The fourth-order valence-electron chi connectivity index (χ4n) is 2.14. The number of carbonyl (C=O) groups is 1. The molecule has 1 aliphatic rings. The maximum absolute atomic E-state index is 11.9. The summed E-state index contributed by atoms with van der Waals surface area (Å²) in [6, 6.07) is 0. The molecule has 0 saturated carbocycles. The van der Waals surface area contributed by atoms with Crippen molar-refractivity contribution in [3.8, 4) is 0 Å². The Morgan fingerprint density at radius 1 is 1.56 bits per heavy atom. The molecule has 1 fully saturated rings. The molecular formula is C12H24N2O2. The van der Waals surface area contributed by atoms with Gasteiger partial charge in [0.2, 0.25) is 5.91 Å². The van der Waals surface area contributed by atoms with Crippen LogP contribution in [-0.2, 0) is 9.53 Å². The van der Waals surface area contributed by atoms with Crippen LogP contribution in [0, 0.1) is 11.8 Å². The van der Waals surface area contributed by atoms with Crippen molar-refractivity contribution in [2.24, 2.45) is 17.6 Å². The van der Waals surface area contributed by atoms with Crippen LogP contribution in [0.4, 0.5) is 0 Å². The average molecular weight is 228 g/mol. The van der Waals surface area contributed by atoms with Crippen molar-refractivity contribution in [2.45, 2.75) is 32.8 Å². The molecule has 0 aromatic heterocycles. The fraction of sp³-hybridized carbons (Fsp3) is 0.917. The lowest BCUT2D eigenvalue weighted by atomic mass is 9.95. The van der Waals surface area contributed by atoms with Crippen LogP contribution in [0.2, 0.25) is 0 Å². The number of amides is 1. The van der Waals surface area contributed by atoms with E-state index in [4.69, 9.17) is 10.5 Å². The maximum Gasteiger partial charge on any atom is 0.225 e. The van der Waals surface area contributed by atoms with Gasteiger partial charge in [-0.25, -0.2) is 0 Å². The number of nitrogens with two attached hydrogens (primary N) is 1. The van der Waals surface area contributed by atoms with Gasteiger partial charge in [0.25, 0.3) is 0 Å². The van der Waals surface area contributed by atoms with E-state index in [1.165, 1.54) is 0 Å². The van der Waals surface area contributed by atoms with Crippen LogP contribution in [0.25, 0.3) is 0 Å². The van der Waals surface area contributed by atoms with Gasteiger partial charge in [-0.05, 0) is 18.3 Å². The van der Waals surface area contributed by atoms with Crippen LogP contribution in [0.15, 0.2) is 0 Å². The Labute approximate surface area is 98.1 Å². The first-order chi connectivity index (χ1) is 7.58. The summed E-state index contributed by atoms with van der Waals surface area (Å²) in [4.78, 5) is 13.9. The lowest BCUT2D eigenvalue weighted by molar-refractivity contribution is -0.132. The zero-order valence-corrected chi connectivity index (χ0v) is 10.6. The van der Waals surface area contributed by atoms with E-state index < -0.39 is 0 Å². The normalized spacial score (nSPS) is 22.8. The Hall–Kier alpha value is -0.610. The minimum absolute atomic E-state index is 0.134. The first-order valence-electron chi connectivity index (χ1n) is 6.09. The number of ether oxygens (including phenoxy) is 1. The topological polar surface area (TPSA) is 55.6 Å². The maximum atomic E-state index is 11.9. The number of likely N-dealkylation sites (tertiary alicyclic amines) is 1. The number of rotatable bonds is 5. The van der Waals surface area contributed by atoms with Gasteiger partial charge >= 0.3 is 0 Å². The lowest BCUT2D eigenvalue weighted by Gasteiger charge is -2.20. The van der Waals surface area contributed by atoms with Gasteiger partial charge in [-0.3, -0.25) is 4.79 Å². The molecule has 1 saturated heterocycles. The van der Waals surface area contributed by atoms with Gasteiger partial charge in [-0.15, -0.1) is 0 Å². The summed E-state index contributed by atoms with van der Waals surface area (Å²) < 4.78 is 5.13. The van der Waals surface area contributed by atoms with Gasteiger partial charge in [0.05, 0.1) is 12.5 Å². The summed E-state index contributed by atoms with van der Waals surface area (Å²) in [5, 5.41) is 0. The second kappa shape index (κ2) is 6.21. The van der Waals surface area contributed by atoms with Gasteiger partial charge in [0.1, 0.15) is 0 Å². The molecular weight excluding hydrogens is 204 g/mol.